The van der Waals surface area contributed by atoms with E-state index in [4.69, 9.17) is 0 Å². The molecule has 1 saturated carbocycles. The van der Waals surface area contributed by atoms with Gasteiger partial charge in [-0.1, -0.05) is 0 Å². The molecule has 0 aliphatic heterocycles. The molecule has 4 heteroatoms. The largest absolute Gasteiger partial charge is 0.382 e. The van der Waals surface area contributed by atoms with Crippen LogP contribution in [0.5, 0.6) is 0 Å². The van der Waals surface area contributed by atoms with Gasteiger partial charge < -0.3 is 5.32 Å². The van der Waals surface area contributed by atoms with Gasteiger partial charge in [0.15, 0.2) is 0 Å². The Morgan fingerprint density at radius 3 is 2.75 bits per heavy atom. The third-order valence-corrected chi connectivity index (χ3v) is 2.84. The van der Waals surface area contributed by atoms with Crippen LogP contribution >= 0.6 is 0 Å². The van der Waals surface area contributed by atoms with E-state index in [1.165, 1.54) is 0 Å². The normalized spacial score (nSPS) is 20.6. The summed E-state index contributed by atoms with van der Waals surface area (Å²) < 4.78 is 24.9. The molecule has 0 saturated heterocycles. The maximum absolute atomic E-state index is 12.5. The molecule has 0 amide bonds. The van der Waals surface area contributed by atoms with Gasteiger partial charge in [-0.05, 0) is 43.4 Å². The van der Waals surface area contributed by atoms with Crippen LogP contribution in [-0.2, 0) is 0 Å². The summed E-state index contributed by atoms with van der Waals surface area (Å²) in [6, 6.07) is 3.82. The minimum absolute atomic E-state index is 0.118. The van der Waals surface area contributed by atoms with Gasteiger partial charge in [-0.15, -0.1) is 0 Å². The third-order valence-electron chi connectivity index (χ3n) is 2.84. The summed E-state index contributed by atoms with van der Waals surface area (Å²) in [6.07, 6.45) is 4.65. The summed E-state index contributed by atoms with van der Waals surface area (Å²) in [6.45, 7) is 0. The Hall–Kier alpha value is -1.45. The zero-order chi connectivity index (χ0) is 11.4. The molecule has 1 atom stereocenters. The molecular weight excluding hydrogens is 210 g/mol. The first-order chi connectivity index (χ1) is 7.75. The molecule has 1 aliphatic rings. The van der Waals surface area contributed by atoms with Gasteiger partial charge in [0.1, 0.15) is 0 Å². The highest BCUT2D eigenvalue weighted by Crippen LogP contribution is 2.29. The molecule has 1 heterocycles. The average molecular weight is 224 g/mol. The monoisotopic (exact) mass is 224 g/mol. The summed E-state index contributed by atoms with van der Waals surface area (Å²) in [7, 11) is 0. The van der Waals surface area contributed by atoms with Gasteiger partial charge in [0.2, 0.25) is 0 Å². The molecule has 0 aromatic carbocycles. The molecular formula is C12H14F2N2. The van der Waals surface area contributed by atoms with E-state index in [0.29, 0.717) is 18.4 Å². The van der Waals surface area contributed by atoms with E-state index < -0.39 is 6.08 Å². The molecule has 1 fully saturated rings. The van der Waals surface area contributed by atoms with E-state index in [2.05, 4.69) is 10.3 Å². The molecule has 2 rings (SSSR count). The Balaban J connectivity index is 1.99. The minimum Gasteiger partial charge on any atom is -0.382 e. The van der Waals surface area contributed by atoms with Crippen LogP contribution in [0, 0.1) is 0 Å². The van der Waals surface area contributed by atoms with Crippen LogP contribution in [-0.4, -0.2) is 11.0 Å². The lowest BCUT2D eigenvalue weighted by Gasteiger charge is -2.25. The van der Waals surface area contributed by atoms with Gasteiger partial charge in [-0.2, -0.15) is 8.78 Å². The SMILES string of the molecule is FC(F)=C1CCCC(Nc2ccncc2)C1. The second-order valence-corrected chi connectivity index (χ2v) is 4.04. The number of hydrogen-bond donors (Lipinski definition) is 1. The Morgan fingerprint density at radius 2 is 2.06 bits per heavy atom. The van der Waals surface area contributed by atoms with Crippen molar-refractivity contribution in [1.29, 1.82) is 0 Å². The molecule has 1 aliphatic carbocycles. The predicted molar refractivity (Wildman–Crippen MR) is 59.4 cm³/mol. The van der Waals surface area contributed by atoms with Gasteiger partial charge >= 0.3 is 0 Å². The second-order valence-electron chi connectivity index (χ2n) is 4.04. The third kappa shape index (κ3) is 2.78. The van der Waals surface area contributed by atoms with Crippen molar-refractivity contribution < 1.29 is 8.78 Å². The minimum atomic E-state index is -1.50. The van der Waals surface area contributed by atoms with Gasteiger partial charge in [0.05, 0.1) is 0 Å². The summed E-state index contributed by atoms with van der Waals surface area (Å²) >= 11 is 0. The highest BCUT2D eigenvalue weighted by molar-refractivity contribution is 5.42. The Morgan fingerprint density at radius 1 is 1.31 bits per heavy atom. The zero-order valence-electron chi connectivity index (χ0n) is 8.92. The van der Waals surface area contributed by atoms with Crippen LogP contribution in [0.15, 0.2) is 36.2 Å². The van der Waals surface area contributed by atoms with Crippen molar-refractivity contribution in [3.63, 3.8) is 0 Å². The lowest BCUT2D eigenvalue weighted by molar-refractivity contribution is 0.388. The van der Waals surface area contributed by atoms with E-state index in [-0.39, 0.29) is 6.04 Å². The number of hydrogen-bond acceptors (Lipinski definition) is 2. The number of anilines is 1. The van der Waals surface area contributed by atoms with Crippen LogP contribution in [0.2, 0.25) is 0 Å². The lowest BCUT2D eigenvalue weighted by atomic mass is 9.91. The van der Waals surface area contributed by atoms with Crippen LogP contribution in [0.25, 0.3) is 0 Å². The lowest BCUT2D eigenvalue weighted by Crippen LogP contribution is -2.23. The van der Waals surface area contributed by atoms with Crippen molar-refractivity contribution in [1.82, 2.24) is 4.98 Å². The average Bonchev–Trinajstić information content (AvgIpc) is 2.30. The molecule has 0 spiro atoms. The molecule has 1 unspecified atom stereocenters. The van der Waals surface area contributed by atoms with Crippen molar-refractivity contribution in [3.05, 3.63) is 36.2 Å². The van der Waals surface area contributed by atoms with Crippen LogP contribution in [0.1, 0.15) is 25.7 Å². The second kappa shape index (κ2) is 5.05. The molecule has 1 aromatic heterocycles. The molecule has 0 radical (unpaired) electrons. The van der Waals surface area contributed by atoms with Crippen LogP contribution in [0.3, 0.4) is 0 Å². The Bertz CT molecular complexity index is 372. The number of halogens is 2. The van der Waals surface area contributed by atoms with E-state index in [1.807, 2.05) is 12.1 Å². The quantitative estimate of drug-likeness (QED) is 0.830. The molecule has 16 heavy (non-hydrogen) atoms. The van der Waals surface area contributed by atoms with Crippen molar-refractivity contribution in [2.45, 2.75) is 31.7 Å². The smallest absolute Gasteiger partial charge is 0.269 e. The van der Waals surface area contributed by atoms with E-state index in [9.17, 15) is 8.78 Å². The summed E-state index contributed by atoms with van der Waals surface area (Å²) in [4.78, 5) is 3.91. The standard InChI is InChI=1S/C12H14F2N2/c13-12(14)9-2-1-3-11(8-9)16-10-4-6-15-7-5-10/h4-7,11H,1-3,8H2,(H,15,16). The number of pyridine rings is 1. The molecule has 2 nitrogen and oxygen atoms in total. The van der Waals surface area contributed by atoms with E-state index in [0.717, 1.165) is 18.5 Å². The van der Waals surface area contributed by atoms with Crippen molar-refractivity contribution in [3.8, 4) is 0 Å². The molecule has 0 bridgehead atoms. The summed E-state index contributed by atoms with van der Waals surface area (Å²) in [5.74, 6) is 0. The predicted octanol–water partition coefficient (Wildman–Crippen LogP) is 3.59. The van der Waals surface area contributed by atoms with Crippen molar-refractivity contribution >= 4 is 5.69 Å². The van der Waals surface area contributed by atoms with E-state index in [1.54, 1.807) is 12.4 Å². The van der Waals surface area contributed by atoms with Gasteiger partial charge in [-0.3, -0.25) is 4.98 Å². The van der Waals surface area contributed by atoms with Crippen molar-refractivity contribution in [2.75, 3.05) is 5.32 Å². The first-order valence-electron chi connectivity index (χ1n) is 5.45. The summed E-state index contributed by atoms with van der Waals surface area (Å²) in [5, 5.41) is 3.26. The maximum atomic E-state index is 12.5. The molecule has 1 N–H and O–H groups in total. The zero-order valence-corrected chi connectivity index (χ0v) is 8.92. The fraction of sp³-hybridized carbons (Fsp3) is 0.417. The maximum Gasteiger partial charge on any atom is 0.269 e. The van der Waals surface area contributed by atoms with Gasteiger partial charge in [0.25, 0.3) is 6.08 Å². The number of nitrogens with zero attached hydrogens (tertiary/aromatic N) is 1. The van der Waals surface area contributed by atoms with Crippen LogP contribution < -0.4 is 5.32 Å². The molecule has 1 aromatic rings. The van der Waals surface area contributed by atoms with Crippen LogP contribution in [0.4, 0.5) is 14.5 Å². The van der Waals surface area contributed by atoms with Crippen molar-refractivity contribution in [2.24, 2.45) is 0 Å². The van der Waals surface area contributed by atoms with E-state index >= 15 is 0 Å². The van der Waals surface area contributed by atoms with Gasteiger partial charge in [0, 0.05) is 24.1 Å². The fourth-order valence-electron chi connectivity index (χ4n) is 2.04. The number of rotatable bonds is 2. The Labute approximate surface area is 93.4 Å². The molecule has 86 valence electrons. The first-order valence-corrected chi connectivity index (χ1v) is 5.45. The van der Waals surface area contributed by atoms with Gasteiger partial charge in [-0.25, -0.2) is 0 Å². The topological polar surface area (TPSA) is 24.9 Å². The highest BCUT2D eigenvalue weighted by Gasteiger charge is 2.19. The fourth-order valence-corrected chi connectivity index (χ4v) is 2.04. The number of nitrogens with one attached hydrogen (secondary N) is 1. The highest BCUT2D eigenvalue weighted by atomic mass is 19.3. The number of aromatic nitrogens is 1. The Kier molecular flexibility index (Phi) is 3.49. The first kappa shape index (κ1) is 11.0. The summed E-state index contributed by atoms with van der Waals surface area (Å²) in [5.41, 5.74) is 1.25.